The molecule has 0 heterocycles. The zero-order chi connectivity index (χ0) is 10.4. The van der Waals surface area contributed by atoms with E-state index in [0.29, 0.717) is 6.54 Å². The summed E-state index contributed by atoms with van der Waals surface area (Å²) in [6.07, 6.45) is 1.95. The molecule has 2 heteroatoms. The Morgan fingerprint density at radius 1 is 1.29 bits per heavy atom. The highest BCUT2D eigenvalue weighted by atomic mass is 14.8. The number of aryl methyl sites for hydroxylation is 1. The molecule has 0 aliphatic rings. The number of aliphatic imine (C=N–C) groups is 1. The monoisotopic (exact) mass is 190 g/mol. The van der Waals surface area contributed by atoms with E-state index in [-0.39, 0.29) is 0 Å². The summed E-state index contributed by atoms with van der Waals surface area (Å²) in [4.78, 5) is 4.31. The summed E-state index contributed by atoms with van der Waals surface area (Å²) >= 11 is 0. The van der Waals surface area contributed by atoms with Crippen molar-refractivity contribution in [1.29, 1.82) is 0 Å². The van der Waals surface area contributed by atoms with Gasteiger partial charge in [0.1, 0.15) is 0 Å². The van der Waals surface area contributed by atoms with E-state index in [2.05, 4.69) is 43.1 Å². The molecule has 0 unspecified atom stereocenters. The van der Waals surface area contributed by atoms with Crippen molar-refractivity contribution in [2.75, 3.05) is 0 Å². The Morgan fingerprint density at radius 2 is 1.93 bits per heavy atom. The Morgan fingerprint density at radius 3 is 2.50 bits per heavy atom. The van der Waals surface area contributed by atoms with E-state index in [1.807, 2.05) is 0 Å². The van der Waals surface area contributed by atoms with Crippen LogP contribution in [0.5, 0.6) is 0 Å². The number of rotatable bonds is 4. The molecule has 0 aliphatic heterocycles. The number of nitrogens with zero attached hydrogens (tertiary/aromatic N) is 1. The van der Waals surface area contributed by atoms with E-state index in [9.17, 15) is 0 Å². The van der Waals surface area contributed by atoms with E-state index in [0.717, 1.165) is 18.7 Å². The Kier molecular flexibility index (Phi) is 4.17. The van der Waals surface area contributed by atoms with Crippen molar-refractivity contribution >= 4 is 5.84 Å². The molecule has 0 saturated carbocycles. The lowest BCUT2D eigenvalue weighted by atomic mass is 10.1. The third-order valence-corrected chi connectivity index (χ3v) is 2.09. The maximum atomic E-state index is 5.71. The molecule has 0 saturated heterocycles. The molecule has 0 aromatic heterocycles. The van der Waals surface area contributed by atoms with Gasteiger partial charge in [0, 0.05) is 6.42 Å². The third-order valence-electron chi connectivity index (χ3n) is 2.09. The van der Waals surface area contributed by atoms with E-state index in [4.69, 9.17) is 5.73 Å². The van der Waals surface area contributed by atoms with Crippen molar-refractivity contribution in [3.05, 3.63) is 35.4 Å². The lowest BCUT2D eigenvalue weighted by Gasteiger charge is -2.00. The van der Waals surface area contributed by atoms with Crippen LogP contribution in [0.25, 0.3) is 0 Å². The van der Waals surface area contributed by atoms with Gasteiger partial charge in [-0.25, -0.2) is 0 Å². The molecule has 14 heavy (non-hydrogen) atoms. The number of hydrogen-bond donors (Lipinski definition) is 1. The van der Waals surface area contributed by atoms with E-state index in [1.165, 1.54) is 11.1 Å². The summed E-state index contributed by atoms with van der Waals surface area (Å²) in [6, 6.07) is 8.39. The van der Waals surface area contributed by atoms with E-state index in [1.54, 1.807) is 0 Å². The van der Waals surface area contributed by atoms with Gasteiger partial charge in [-0.2, -0.15) is 0 Å². The number of nitrogens with two attached hydrogens (primary N) is 1. The molecule has 1 aromatic carbocycles. The van der Waals surface area contributed by atoms with Crippen molar-refractivity contribution < 1.29 is 0 Å². The Balaban J connectivity index is 2.53. The first-order valence-electron chi connectivity index (χ1n) is 5.06. The van der Waals surface area contributed by atoms with Gasteiger partial charge < -0.3 is 5.73 Å². The number of benzene rings is 1. The standard InChI is InChI=1S/C12H18N2/c1-3-4-12(13)14-9-11-7-5-10(2)6-8-11/h5-8H,3-4,9H2,1-2H3,(H2,13,14). The van der Waals surface area contributed by atoms with Gasteiger partial charge in [0.05, 0.1) is 12.4 Å². The van der Waals surface area contributed by atoms with Crippen LogP contribution < -0.4 is 5.73 Å². The molecule has 1 rings (SSSR count). The minimum Gasteiger partial charge on any atom is -0.387 e. The van der Waals surface area contributed by atoms with Crippen molar-refractivity contribution in [3.63, 3.8) is 0 Å². The van der Waals surface area contributed by atoms with Crippen LogP contribution >= 0.6 is 0 Å². The van der Waals surface area contributed by atoms with Crippen molar-refractivity contribution in [2.24, 2.45) is 10.7 Å². The smallest absolute Gasteiger partial charge is 0.0941 e. The topological polar surface area (TPSA) is 38.4 Å². The fourth-order valence-corrected chi connectivity index (χ4v) is 1.22. The minimum atomic E-state index is 0.701. The first kappa shape index (κ1) is 10.8. The molecule has 0 amide bonds. The SMILES string of the molecule is CCCC(N)=NCc1ccc(C)cc1. The number of amidine groups is 1. The zero-order valence-corrected chi connectivity index (χ0v) is 8.96. The van der Waals surface area contributed by atoms with Crippen LogP contribution in [0, 0.1) is 6.92 Å². The van der Waals surface area contributed by atoms with Crippen LogP contribution in [-0.4, -0.2) is 5.84 Å². The van der Waals surface area contributed by atoms with E-state index < -0.39 is 0 Å². The van der Waals surface area contributed by atoms with Crippen LogP contribution in [0.1, 0.15) is 30.9 Å². The predicted molar refractivity (Wildman–Crippen MR) is 61.4 cm³/mol. The maximum absolute atomic E-state index is 5.71. The molecular weight excluding hydrogens is 172 g/mol. The van der Waals surface area contributed by atoms with E-state index >= 15 is 0 Å². The van der Waals surface area contributed by atoms with Gasteiger partial charge in [-0.3, -0.25) is 4.99 Å². The van der Waals surface area contributed by atoms with Crippen LogP contribution in [0.3, 0.4) is 0 Å². The molecule has 0 spiro atoms. The quantitative estimate of drug-likeness (QED) is 0.575. The lowest BCUT2D eigenvalue weighted by molar-refractivity contribution is 0.954. The first-order chi connectivity index (χ1) is 6.72. The second-order valence-electron chi connectivity index (χ2n) is 3.54. The predicted octanol–water partition coefficient (Wildman–Crippen LogP) is 2.65. The van der Waals surface area contributed by atoms with Gasteiger partial charge in [0.15, 0.2) is 0 Å². The summed E-state index contributed by atoms with van der Waals surface area (Å²) in [7, 11) is 0. The largest absolute Gasteiger partial charge is 0.387 e. The zero-order valence-electron chi connectivity index (χ0n) is 8.96. The van der Waals surface area contributed by atoms with Gasteiger partial charge in [0.2, 0.25) is 0 Å². The van der Waals surface area contributed by atoms with Gasteiger partial charge in [0.25, 0.3) is 0 Å². The van der Waals surface area contributed by atoms with Crippen LogP contribution in [0.4, 0.5) is 0 Å². The summed E-state index contributed by atoms with van der Waals surface area (Å²) in [5.41, 5.74) is 8.21. The third kappa shape index (κ3) is 3.60. The van der Waals surface area contributed by atoms with Gasteiger partial charge in [-0.15, -0.1) is 0 Å². The van der Waals surface area contributed by atoms with Gasteiger partial charge in [-0.05, 0) is 18.9 Å². The molecule has 76 valence electrons. The highest BCUT2D eigenvalue weighted by Gasteiger charge is 1.92. The first-order valence-corrected chi connectivity index (χ1v) is 5.06. The van der Waals surface area contributed by atoms with Crippen LogP contribution in [0.2, 0.25) is 0 Å². The summed E-state index contributed by atoms with van der Waals surface area (Å²) < 4.78 is 0. The Bertz CT molecular complexity index is 299. The lowest BCUT2D eigenvalue weighted by Crippen LogP contribution is -2.11. The highest BCUT2D eigenvalue weighted by Crippen LogP contribution is 2.04. The molecule has 1 aromatic rings. The molecule has 0 bridgehead atoms. The van der Waals surface area contributed by atoms with Crippen LogP contribution in [-0.2, 0) is 6.54 Å². The van der Waals surface area contributed by atoms with Gasteiger partial charge >= 0.3 is 0 Å². The second-order valence-corrected chi connectivity index (χ2v) is 3.54. The van der Waals surface area contributed by atoms with Crippen molar-refractivity contribution in [2.45, 2.75) is 33.2 Å². The molecule has 2 nitrogen and oxygen atoms in total. The minimum absolute atomic E-state index is 0.701. The number of hydrogen-bond acceptors (Lipinski definition) is 1. The summed E-state index contributed by atoms with van der Waals surface area (Å²) in [6.45, 7) is 4.89. The van der Waals surface area contributed by atoms with Crippen molar-refractivity contribution in [3.8, 4) is 0 Å². The highest BCUT2D eigenvalue weighted by molar-refractivity contribution is 5.80. The normalized spacial score (nSPS) is 11.7. The van der Waals surface area contributed by atoms with Gasteiger partial charge in [-0.1, -0.05) is 36.8 Å². The molecular formula is C12H18N2. The summed E-state index contributed by atoms with van der Waals surface area (Å²) in [5, 5.41) is 0. The Labute approximate surface area is 85.9 Å². The molecule has 0 fully saturated rings. The fourth-order valence-electron chi connectivity index (χ4n) is 1.22. The fraction of sp³-hybridized carbons (Fsp3) is 0.417. The average Bonchev–Trinajstić information content (AvgIpc) is 2.17. The van der Waals surface area contributed by atoms with Crippen molar-refractivity contribution in [1.82, 2.24) is 0 Å². The molecule has 0 aliphatic carbocycles. The second kappa shape index (κ2) is 5.43. The maximum Gasteiger partial charge on any atom is 0.0941 e. The Hall–Kier alpha value is -1.31. The average molecular weight is 190 g/mol. The molecule has 2 N–H and O–H groups in total. The molecule has 0 atom stereocenters. The van der Waals surface area contributed by atoms with Crippen LogP contribution in [0.15, 0.2) is 29.3 Å². The summed E-state index contributed by atoms with van der Waals surface area (Å²) in [5.74, 6) is 0.757. The molecule has 0 radical (unpaired) electrons.